The highest BCUT2D eigenvalue weighted by Crippen LogP contribution is 2.16. The second kappa shape index (κ2) is 8.18. The zero-order valence-electron chi connectivity index (χ0n) is 14.6. The summed E-state index contributed by atoms with van der Waals surface area (Å²) < 4.78 is 10.1. The molecule has 0 aliphatic rings. The van der Waals surface area contributed by atoms with Gasteiger partial charge in [0.05, 0.1) is 6.20 Å². The van der Waals surface area contributed by atoms with Crippen LogP contribution in [0.5, 0.6) is 5.75 Å². The van der Waals surface area contributed by atoms with E-state index in [0.717, 1.165) is 28.0 Å². The Kier molecular flexibility index (Phi) is 5.72. The van der Waals surface area contributed by atoms with Crippen molar-refractivity contribution in [3.05, 3.63) is 64.1 Å². The van der Waals surface area contributed by atoms with Crippen molar-refractivity contribution in [3.8, 4) is 5.75 Å². The van der Waals surface area contributed by atoms with E-state index in [-0.39, 0.29) is 12.6 Å². The third-order valence-corrected chi connectivity index (χ3v) is 4.52. The van der Waals surface area contributed by atoms with E-state index < -0.39 is 0 Å². The standard InChI is InChI=1S/C18H20BrN5O2/c1-3-24-13(2)14(11-21-24)10-20-18(25)17-8-9-23(22-17)12-26-16-6-4-15(19)5-7-16/h4-9,11H,3,10,12H2,1-2H3,(H,20,25). The number of aryl methyl sites for hydroxylation is 1. The Morgan fingerprint density at radius 1 is 1.27 bits per heavy atom. The van der Waals surface area contributed by atoms with Crippen LogP contribution in [0.1, 0.15) is 28.7 Å². The monoisotopic (exact) mass is 417 g/mol. The Labute approximate surface area is 160 Å². The first-order chi connectivity index (χ1) is 12.6. The highest BCUT2D eigenvalue weighted by Gasteiger charge is 2.11. The smallest absolute Gasteiger partial charge is 0.272 e. The largest absolute Gasteiger partial charge is 0.471 e. The summed E-state index contributed by atoms with van der Waals surface area (Å²) in [6.07, 6.45) is 3.50. The summed E-state index contributed by atoms with van der Waals surface area (Å²) in [4.78, 5) is 12.3. The Morgan fingerprint density at radius 2 is 2.04 bits per heavy atom. The van der Waals surface area contributed by atoms with E-state index in [1.807, 2.05) is 42.8 Å². The van der Waals surface area contributed by atoms with E-state index in [0.29, 0.717) is 12.2 Å². The van der Waals surface area contributed by atoms with Crippen molar-refractivity contribution >= 4 is 21.8 Å². The first-order valence-corrected chi connectivity index (χ1v) is 9.07. The molecule has 2 heterocycles. The fraction of sp³-hybridized carbons (Fsp3) is 0.278. The maximum Gasteiger partial charge on any atom is 0.272 e. The summed E-state index contributed by atoms with van der Waals surface area (Å²) >= 11 is 3.38. The number of benzene rings is 1. The molecule has 0 unspecified atom stereocenters. The van der Waals surface area contributed by atoms with Crippen LogP contribution in [0.2, 0.25) is 0 Å². The maximum atomic E-state index is 12.3. The Bertz CT molecular complexity index is 885. The minimum absolute atomic E-state index is 0.226. The molecule has 0 aliphatic carbocycles. The molecule has 0 saturated heterocycles. The SMILES string of the molecule is CCn1ncc(CNC(=O)c2ccn(COc3ccc(Br)cc3)n2)c1C. The van der Waals surface area contributed by atoms with Gasteiger partial charge in [-0.1, -0.05) is 15.9 Å². The van der Waals surface area contributed by atoms with E-state index in [2.05, 4.69) is 31.4 Å². The first kappa shape index (κ1) is 18.2. The van der Waals surface area contributed by atoms with Gasteiger partial charge in [-0.2, -0.15) is 10.2 Å². The number of hydrogen-bond acceptors (Lipinski definition) is 4. The van der Waals surface area contributed by atoms with Crippen molar-refractivity contribution in [1.29, 1.82) is 0 Å². The Balaban J connectivity index is 1.54. The normalized spacial score (nSPS) is 10.7. The first-order valence-electron chi connectivity index (χ1n) is 8.28. The Hall–Kier alpha value is -2.61. The average molecular weight is 418 g/mol. The van der Waals surface area contributed by atoms with Crippen LogP contribution in [0.25, 0.3) is 0 Å². The molecular weight excluding hydrogens is 398 g/mol. The predicted octanol–water partition coefficient (Wildman–Crippen LogP) is 3.14. The second-order valence-corrected chi connectivity index (χ2v) is 6.64. The van der Waals surface area contributed by atoms with Gasteiger partial charge in [0.15, 0.2) is 6.73 Å². The lowest BCUT2D eigenvalue weighted by molar-refractivity contribution is 0.0944. The number of carbonyl (C=O) groups excluding carboxylic acids is 1. The third-order valence-electron chi connectivity index (χ3n) is 3.99. The lowest BCUT2D eigenvalue weighted by atomic mass is 10.2. The number of halogens is 1. The molecule has 26 heavy (non-hydrogen) atoms. The molecule has 3 rings (SSSR count). The average Bonchev–Trinajstić information content (AvgIpc) is 3.26. The number of nitrogens with one attached hydrogen (secondary N) is 1. The summed E-state index contributed by atoms with van der Waals surface area (Å²) in [5.74, 6) is 0.508. The minimum Gasteiger partial charge on any atom is -0.471 e. The van der Waals surface area contributed by atoms with Gasteiger partial charge < -0.3 is 10.1 Å². The van der Waals surface area contributed by atoms with E-state index in [4.69, 9.17) is 4.74 Å². The molecule has 1 N–H and O–H groups in total. The van der Waals surface area contributed by atoms with Gasteiger partial charge in [-0.3, -0.25) is 9.48 Å². The molecule has 0 spiro atoms. The quantitative estimate of drug-likeness (QED) is 0.640. The number of amides is 1. The van der Waals surface area contributed by atoms with Crippen LogP contribution >= 0.6 is 15.9 Å². The number of hydrogen-bond donors (Lipinski definition) is 1. The molecule has 3 aromatic rings. The molecule has 1 amide bonds. The highest BCUT2D eigenvalue weighted by atomic mass is 79.9. The molecular formula is C18H20BrN5O2. The van der Waals surface area contributed by atoms with Crippen LogP contribution in [0.4, 0.5) is 0 Å². The van der Waals surface area contributed by atoms with Crippen LogP contribution in [0.15, 0.2) is 47.2 Å². The van der Waals surface area contributed by atoms with Gasteiger partial charge in [0, 0.05) is 35.0 Å². The fourth-order valence-corrected chi connectivity index (χ4v) is 2.73. The lowest BCUT2D eigenvalue weighted by Gasteiger charge is -2.06. The van der Waals surface area contributed by atoms with Crippen molar-refractivity contribution in [3.63, 3.8) is 0 Å². The van der Waals surface area contributed by atoms with Gasteiger partial charge in [-0.15, -0.1) is 0 Å². The maximum absolute atomic E-state index is 12.3. The number of ether oxygens (including phenoxy) is 1. The summed E-state index contributed by atoms with van der Waals surface area (Å²) in [6.45, 7) is 5.49. The molecule has 7 nitrogen and oxygen atoms in total. The zero-order valence-corrected chi connectivity index (χ0v) is 16.2. The van der Waals surface area contributed by atoms with E-state index in [1.165, 1.54) is 0 Å². The van der Waals surface area contributed by atoms with Crippen molar-refractivity contribution in [2.75, 3.05) is 0 Å². The second-order valence-electron chi connectivity index (χ2n) is 5.72. The van der Waals surface area contributed by atoms with Gasteiger partial charge in [-0.05, 0) is 44.2 Å². The van der Waals surface area contributed by atoms with Crippen LogP contribution in [0, 0.1) is 6.92 Å². The van der Waals surface area contributed by atoms with Crippen LogP contribution < -0.4 is 10.1 Å². The molecule has 0 radical (unpaired) electrons. The van der Waals surface area contributed by atoms with E-state index in [1.54, 1.807) is 23.1 Å². The summed E-state index contributed by atoms with van der Waals surface area (Å²) in [6, 6.07) is 9.20. The summed E-state index contributed by atoms with van der Waals surface area (Å²) in [7, 11) is 0. The number of aromatic nitrogens is 4. The van der Waals surface area contributed by atoms with E-state index >= 15 is 0 Å². The molecule has 0 aliphatic heterocycles. The number of nitrogens with zero attached hydrogens (tertiary/aromatic N) is 4. The van der Waals surface area contributed by atoms with Crippen molar-refractivity contribution in [1.82, 2.24) is 24.9 Å². The third kappa shape index (κ3) is 4.32. The summed E-state index contributed by atoms with van der Waals surface area (Å²) in [5.41, 5.74) is 2.41. The topological polar surface area (TPSA) is 74.0 Å². The molecule has 0 atom stereocenters. The highest BCUT2D eigenvalue weighted by molar-refractivity contribution is 9.10. The Morgan fingerprint density at radius 3 is 2.73 bits per heavy atom. The van der Waals surface area contributed by atoms with Gasteiger partial charge >= 0.3 is 0 Å². The van der Waals surface area contributed by atoms with Crippen LogP contribution in [0.3, 0.4) is 0 Å². The van der Waals surface area contributed by atoms with Crippen molar-refractivity contribution in [2.24, 2.45) is 0 Å². The van der Waals surface area contributed by atoms with Gasteiger partial charge in [0.25, 0.3) is 5.91 Å². The van der Waals surface area contributed by atoms with E-state index in [9.17, 15) is 4.79 Å². The van der Waals surface area contributed by atoms with Crippen LogP contribution in [-0.4, -0.2) is 25.5 Å². The molecule has 8 heteroatoms. The van der Waals surface area contributed by atoms with Gasteiger partial charge in [0.2, 0.25) is 0 Å². The van der Waals surface area contributed by atoms with Crippen LogP contribution in [-0.2, 0) is 19.8 Å². The predicted molar refractivity (Wildman–Crippen MR) is 101 cm³/mol. The summed E-state index contributed by atoms with van der Waals surface area (Å²) in [5, 5.41) is 11.4. The van der Waals surface area contributed by atoms with Gasteiger partial charge in [-0.25, -0.2) is 4.68 Å². The fourth-order valence-electron chi connectivity index (χ4n) is 2.47. The molecule has 0 bridgehead atoms. The van der Waals surface area contributed by atoms with Crippen molar-refractivity contribution < 1.29 is 9.53 Å². The van der Waals surface area contributed by atoms with Gasteiger partial charge in [0.1, 0.15) is 11.4 Å². The number of rotatable bonds is 7. The molecule has 2 aromatic heterocycles. The zero-order chi connectivity index (χ0) is 18.5. The lowest BCUT2D eigenvalue weighted by Crippen LogP contribution is -2.24. The molecule has 136 valence electrons. The molecule has 0 saturated carbocycles. The molecule has 0 fully saturated rings. The number of carbonyl (C=O) groups is 1. The molecule has 1 aromatic carbocycles. The minimum atomic E-state index is -0.226. The van der Waals surface area contributed by atoms with Crippen molar-refractivity contribution in [2.45, 2.75) is 33.7 Å².